The first-order chi connectivity index (χ1) is 7.00. The summed E-state index contributed by atoms with van der Waals surface area (Å²) in [4.78, 5) is 4.30. The maximum atomic E-state index is 6.32. The second-order valence-electron chi connectivity index (χ2n) is 4.12. The molecule has 2 aromatic rings. The maximum absolute atomic E-state index is 6.32. The lowest BCUT2D eigenvalue weighted by Gasteiger charge is -2.12. The Morgan fingerprint density at radius 1 is 1.33 bits per heavy atom. The van der Waals surface area contributed by atoms with Crippen LogP contribution in [0, 0.1) is 13.8 Å². The molecule has 0 radical (unpaired) electrons. The third-order valence-corrected chi connectivity index (χ3v) is 2.86. The van der Waals surface area contributed by atoms with Crippen LogP contribution in [-0.4, -0.2) is 14.6 Å². The Morgan fingerprint density at radius 2 is 2.00 bits per heavy atom. The van der Waals surface area contributed by atoms with Crippen molar-refractivity contribution < 1.29 is 0 Å². The molecule has 80 valence electrons. The lowest BCUT2D eigenvalue weighted by atomic mass is 10.0. The third-order valence-electron chi connectivity index (χ3n) is 2.49. The van der Waals surface area contributed by atoms with Gasteiger partial charge in [-0.15, -0.1) is 0 Å². The number of aryl methyl sites for hydroxylation is 2. The van der Waals surface area contributed by atoms with Crippen molar-refractivity contribution in [2.45, 2.75) is 33.6 Å². The zero-order chi connectivity index (χ0) is 11.2. The average Bonchev–Trinajstić information content (AvgIpc) is 2.45. The molecular weight excluding hydrogens is 210 g/mol. The zero-order valence-electron chi connectivity index (χ0n) is 9.37. The minimum atomic E-state index is 0.395. The van der Waals surface area contributed by atoms with E-state index in [-0.39, 0.29) is 0 Å². The monoisotopic (exact) mass is 223 g/mol. The second-order valence-corrected chi connectivity index (χ2v) is 4.47. The Labute approximate surface area is 94.1 Å². The highest BCUT2D eigenvalue weighted by Crippen LogP contribution is 2.28. The first-order valence-electron chi connectivity index (χ1n) is 5.03. The maximum Gasteiger partial charge on any atom is 0.157 e. The Bertz CT molecular complexity index is 514. The molecule has 0 fully saturated rings. The molecular formula is C11H14ClN3. The van der Waals surface area contributed by atoms with E-state index < -0.39 is 0 Å². The van der Waals surface area contributed by atoms with Gasteiger partial charge in [-0.3, -0.25) is 0 Å². The predicted octanol–water partition coefficient (Wildman–Crippen LogP) is 3.12. The molecule has 3 nitrogen and oxygen atoms in total. The van der Waals surface area contributed by atoms with Crippen LogP contribution < -0.4 is 0 Å². The van der Waals surface area contributed by atoms with E-state index in [4.69, 9.17) is 11.6 Å². The minimum absolute atomic E-state index is 0.395. The largest absolute Gasteiger partial charge is 0.212 e. The van der Waals surface area contributed by atoms with Gasteiger partial charge in [0, 0.05) is 0 Å². The van der Waals surface area contributed by atoms with Crippen LogP contribution in [0.5, 0.6) is 0 Å². The van der Waals surface area contributed by atoms with Gasteiger partial charge >= 0.3 is 0 Å². The van der Waals surface area contributed by atoms with Crippen LogP contribution >= 0.6 is 11.6 Å². The van der Waals surface area contributed by atoms with E-state index >= 15 is 0 Å². The van der Waals surface area contributed by atoms with Gasteiger partial charge in [-0.1, -0.05) is 25.4 Å². The molecule has 0 saturated heterocycles. The van der Waals surface area contributed by atoms with E-state index in [0.29, 0.717) is 11.1 Å². The standard InChI is InChI=1S/C11H14ClN3/c1-6(2)10-7(3)5-9-13-8(4)14-15(9)11(10)12/h5-6H,1-4H3. The zero-order valence-corrected chi connectivity index (χ0v) is 10.1. The van der Waals surface area contributed by atoms with Crippen LogP contribution in [-0.2, 0) is 0 Å². The van der Waals surface area contributed by atoms with Crippen LogP contribution in [0.1, 0.15) is 36.7 Å². The average molecular weight is 224 g/mol. The number of hydrogen-bond donors (Lipinski definition) is 0. The van der Waals surface area contributed by atoms with Crippen LogP contribution in [0.15, 0.2) is 6.07 Å². The molecule has 0 N–H and O–H groups in total. The molecule has 0 amide bonds. The molecule has 0 atom stereocenters. The second kappa shape index (κ2) is 3.49. The van der Waals surface area contributed by atoms with Gasteiger partial charge in [0.2, 0.25) is 0 Å². The molecule has 0 aliphatic heterocycles. The topological polar surface area (TPSA) is 30.2 Å². The lowest BCUT2D eigenvalue weighted by molar-refractivity contribution is 0.823. The highest BCUT2D eigenvalue weighted by Gasteiger charge is 2.14. The van der Waals surface area contributed by atoms with Crippen molar-refractivity contribution >= 4 is 17.2 Å². The summed E-state index contributed by atoms with van der Waals surface area (Å²) < 4.78 is 1.71. The van der Waals surface area contributed by atoms with Gasteiger partial charge in [0.05, 0.1) is 0 Å². The fourth-order valence-electron chi connectivity index (χ4n) is 1.91. The van der Waals surface area contributed by atoms with Crippen molar-refractivity contribution in [3.63, 3.8) is 0 Å². The van der Waals surface area contributed by atoms with Gasteiger partial charge in [0.1, 0.15) is 11.0 Å². The van der Waals surface area contributed by atoms with E-state index in [2.05, 4.69) is 30.9 Å². The van der Waals surface area contributed by atoms with E-state index in [1.54, 1.807) is 4.52 Å². The third kappa shape index (κ3) is 1.61. The van der Waals surface area contributed by atoms with Crippen molar-refractivity contribution in [3.8, 4) is 0 Å². The molecule has 0 saturated carbocycles. The first-order valence-corrected chi connectivity index (χ1v) is 5.41. The van der Waals surface area contributed by atoms with E-state index in [0.717, 1.165) is 17.0 Å². The molecule has 0 aliphatic rings. The minimum Gasteiger partial charge on any atom is -0.212 e. The summed E-state index contributed by atoms with van der Waals surface area (Å²) >= 11 is 6.32. The summed E-state index contributed by atoms with van der Waals surface area (Å²) in [6, 6.07) is 2.03. The van der Waals surface area contributed by atoms with Gasteiger partial charge in [0.25, 0.3) is 0 Å². The number of rotatable bonds is 1. The molecule has 0 aromatic carbocycles. The Balaban J connectivity index is 2.83. The molecule has 2 rings (SSSR count). The summed E-state index contributed by atoms with van der Waals surface area (Å²) in [5, 5.41) is 4.95. The van der Waals surface area contributed by atoms with Gasteiger partial charge < -0.3 is 0 Å². The van der Waals surface area contributed by atoms with Crippen LogP contribution in [0.3, 0.4) is 0 Å². The first kappa shape index (κ1) is 10.4. The fourth-order valence-corrected chi connectivity index (χ4v) is 2.40. The highest BCUT2D eigenvalue weighted by atomic mass is 35.5. The Morgan fingerprint density at radius 3 is 2.60 bits per heavy atom. The van der Waals surface area contributed by atoms with Gasteiger partial charge in [-0.25, -0.2) is 9.50 Å². The number of pyridine rings is 1. The molecule has 15 heavy (non-hydrogen) atoms. The van der Waals surface area contributed by atoms with E-state index in [1.165, 1.54) is 5.56 Å². The summed E-state index contributed by atoms with van der Waals surface area (Å²) in [5.74, 6) is 1.14. The van der Waals surface area contributed by atoms with Crippen LogP contribution in [0.2, 0.25) is 5.15 Å². The van der Waals surface area contributed by atoms with Crippen molar-refractivity contribution in [1.82, 2.24) is 14.6 Å². The van der Waals surface area contributed by atoms with Gasteiger partial charge in [-0.2, -0.15) is 5.10 Å². The Kier molecular flexibility index (Phi) is 2.43. The predicted molar refractivity (Wildman–Crippen MR) is 61.6 cm³/mol. The summed E-state index contributed by atoms with van der Waals surface area (Å²) in [7, 11) is 0. The fraction of sp³-hybridized carbons (Fsp3) is 0.455. The van der Waals surface area contributed by atoms with Crippen LogP contribution in [0.4, 0.5) is 0 Å². The number of hydrogen-bond acceptors (Lipinski definition) is 2. The molecule has 0 unspecified atom stereocenters. The number of halogens is 1. The lowest BCUT2D eigenvalue weighted by Crippen LogP contribution is -2.00. The number of fused-ring (bicyclic) bond motifs is 1. The summed E-state index contributed by atoms with van der Waals surface area (Å²) in [6.07, 6.45) is 0. The van der Waals surface area contributed by atoms with Crippen LogP contribution in [0.25, 0.3) is 5.65 Å². The normalized spacial score (nSPS) is 11.6. The smallest absolute Gasteiger partial charge is 0.157 e. The SMILES string of the molecule is Cc1nc2cc(C)c(C(C)C)c(Cl)n2n1. The highest BCUT2D eigenvalue weighted by molar-refractivity contribution is 6.30. The van der Waals surface area contributed by atoms with Crippen molar-refractivity contribution in [3.05, 3.63) is 28.2 Å². The number of nitrogens with zero attached hydrogens (tertiary/aromatic N) is 3. The molecule has 0 aliphatic carbocycles. The quantitative estimate of drug-likeness (QED) is 0.696. The Hall–Kier alpha value is -1.09. The van der Waals surface area contributed by atoms with Crippen molar-refractivity contribution in [2.24, 2.45) is 0 Å². The molecule has 4 heteroatoms. The molecule has 0 spiro atoms. The summed E-state index contributed by atoms with van der Waals surface area (Å²) in [6.45, 7) is 8.19. The summed E-state index contributed by atoms with van der Waals surface area (Å²) in [5.41, 5.74) is 3.14. The molecule has 2 aromatic heterocycles. The van der Waals surface area contributed by atoms with Gasteiger partial charge in [-0.05, 0) is 37.0 Å². The van der Waals surface area contributed by atoms with E-state index in [9.17, 15) is 0 Å². The number of aromatic nitrogens is 3. The van der Waals surface area contributed by atoms with Crippen molar-refractivity contribution in [2.75, 3.05) is 0 Å². The molecule has 2 heterocycles. The van der Waals surface area contributed by atoms with E-state index in [1.807, 2.05) is 13.0 Å². The van der Waals surface area contributed by atoms with Crippen molar-refractivity contribution in [1.29, 1.82) is 0 Å². The molecule has 0 bridgehead atoms. The van der Waals surface area contributed by atoms with Gasteiger partial charge in [0.15, 0.2) is 5.65 Å².